The first kappa shape index (κ1) is 36.0. The van der Waals surface area contributed by atoms with Gasteiger partial charge in [0.05, 0.1) is 25.3 Å². The van der Waals surface area contributed by atoms with Gasteiger partial charge in [-0.1, -0.05) is 96.1 Å². The molecular weight excluding hydrogens is 706 g/mol. The van der Waals surface area contributed by atoms with Crippen LogP contribution in [0.15, 0.2) is 101 Å². The summed E-state index contributed by atoms with van der Waals surface area (Å²) in [5.41, 5.74) is 4.01. The summed E-state index contributed by atoms with van der Waals surface area (Å²) in [4.78, 5) is 29.0. The summed E-state index contributed by atoms with van der Waals surface area (Å²) in [5, 5.41) is 21.2. The van der Waals surface area contributed by atoms with Crippen LogP contribution in [0.5, 0.6) is 17.2 Å². The molecule has 1 aliphatic rings. The predicted octanol–water partition coefficient (Wildman–Crippen LogP) is 9.19. The maximum absolute atomic E-state index is 13.8. The van der Waals surface area contributed by atoms with Crippen molar-refractivity contribution in [2.24, 2.45) is 0 Å². The number of methoxy groups -OCH3 is 1. The Hall–Kier alpha value is -4.84. The number of halogens is 1. The molecule has 1 aliphatic heterocycles. The van der Waals surface area contributed by atoms with E-state index < -0.39 is 17.7 Å². The third-order valence-corrected chi connectivity index (χ3v) is 10.6. The number of aliphatic hydroxyl groups is 1. The van der Waals surface area contributed by atoms with E-state index in [1.54, 1.807) is 42.5 Å². The highest BCUT2D eigenvalue weighted by atomic mass is 35.5. The van der Waals surface area contributed by atoms with Crippen LogP contribution in [0.3, 0.4) is 0 Å². The summed E-state index contributed by atoms with van der Waals surface area (Å²) < 4.78 is 18.2. The van der Waals surface area contributed by atoms with Crippen molar-refractivity contribution in [2.45, 2.75) is 49.4 Å². The van der Waals surface area contributed by atoms with Gasteiger partial charge in [-0.2, -0.15) is 0 Å². The van der Waals surface area contributed by atoms with Crippen LogP contribution < -0.4 is 19.1 Å². The first-order chi connectivity index (χ1) is 24.7. The Kier molecular flexibility index (Phi) is 11.6. The summed E-state index contributed by atoms with van der Waals surface area (Å²) in [6.07, 6.45) is 1.84. The molecule has 6 rings (SSSR count). The number of aryl methyl sites for hydroxylation is 1. The molecule has 9 nitrogen and oxygen atoms in total. The number of benzene rings is 4. The average molecular weight is 742 g/mol. The van der Waals surface area contributed by atoms with Crippen molar-refractivity contribution >= 4 is 57.3 Å². The number of Topliss-reactive ketones (excluding diaryl/α,β-unsaturated/α-hetero) is 1. The lowest BCUT2D eigenvalue weighted by Gasteiger charge is -2.23. The van der Waals surface area contributed by atoms with Gasteiger partial charge in [-0.05, 0) is 78.6 Å². The number of unbranched alkanes of at least 4 members (excludes halogenated alkanes) is 1. The molecule has 51 heavy (non-hydrogen) atoms. The van der Waals surface area contributed by atoms with Crippen LogP contribution in [0.4, 0.5) is 5.13 Å². The highest BCUT2D eigenvalue weighted by molar-refractivity contribution is 8.00. The fourth-order valence-electron chi connectivity index (χ4n) is 5.56. The van der Waals surface area contributed by atoms with Crippen molar-refractivity contribution in [3.8, 4) is 17.2 Å². The summed E-state index contributed by atoms with van der Waals surface area (Å²) >= 11 is 8.68. The van der Waals surface area contributed by atoms with Crippen LogP contribution in [0.1, 0.15) is 53.6 Å². The number of carbonyl (C=O) groups excluding carboxylic acids is 2. The van der Waals surface area contributed by atoms with Gasteiger partial charge in [0.25, 0.3) is 5.78 Å². The molecule has 0 aliphatic carbocycles. The van der Waals surface area contributed by atoms with Gasteiger partial charge in [-0.25, -0.2) is 0 Å². The van der Waals surface area contributed by atoms with Crippen LogP contribution in [-0.4, -0.2) is 40.7 Å². The number of nitrogens with zero attached hydrogens (tertiary/aromatic N) is 3. The molecule has 12 heteroatoms. The predicted molar refractivity (Wildman–Crippen MR) is 201 cm³/mol. The molecule has 0 spiro atoms. The second kappa shape index (κ2) is 16.5. The van der Waals surface area contributed by atoms with Crippen LogP contribution in [0.25, 0.3) is 5.76 Å². The molecule has 1 atom stereocenters. The highest BCUT2D eigenvalue weighted by Gasteiger charge is 2.48. The van der Waals surface area contributed by atoms with Crippen molar-refractivity contribution in [1.82, 2.24) is 10.2 Å². The lowest BCUT2D eigenvalue weighted by molar-refractivity contribution is -0.132. The van der Waals surface area contributed by atoms with Crippen molar-refractivity contribution in [3.63, 3.8) is 0 Å². The van der Waals surface area contributed by atoms with E-state index in [-0.39, 0.29) is 16.5 Å². The maximum atomic E-state index is 13.8. The molecule has 1 fully saturated rings. The van der Waals surface area contributed by atoms with Gasteiger partial charge in [-0.15, -0.1) is 10.2 Å². The maximum Gasteiger partial charge on any atom is 0.301 e. The van der Waals surface area contributed by atoms with Gasteiger partial charge in [0, 0.05) is 16.3 Å². The normalized spacial score (nSPS) is 15.3. The number of ether oxygens (including phenoxy) is 3. The summed E-state index contributed by atoms with van der Waals surface area (Å²) in [6.45, 7) is 4.99. The topological polar surface area (TPSA) is 111 Å². The fourth-order valence-corrected chi connectivity index (χ4v) is 7.51. The van der Waals surface area contributed by atoms with Crippen LogP contribution in [0, 0.1) is 6.92 Å². The van der Waals surface area contributed by atoms with E-state index in [0.29, 0.717) is 56.7 Å². The van der Waals surface area contributed by atoms with Gasteiger partial charge >= 0.3 is 5.91 Å². The zero-order chi connectivity index (χ0) is 35.9. The number of aliphatic hydroxyl groups excluding tert-OH is 1. The Bertz CT molecular complexity index is 2050. The quantitative estimate of drug-likeness (QED) is 0.0297. The third-order valence-electron chi connectivity index (χ3n) is 8.20. The van der Waals surface area contributed by atoms with E-state index in [1.807, 2.05) is 49.4 Å². The molecule has 1 amide bonds. The molecule has 0 radical (unpaired) electrons. The first-order valence-corrected chi connectivity index (χ1v) is 18.5. The number of hydrogen-bond acceptors (Lipinski definition) is 10. The largest absolute Gasteiger partial charge is 0.507 e. The smallest absolute Gasteiger partial charge is 0.301 e. The molecule has 0 bridgehead atoms. The van der Waals surface area contributed by atoms with Gasteiger partial charge in [0.15, 0.2) is 15.8 Å². The molecule has 1 N–H and O–H groups in total. The Morgan fingerprint density at radius 3 is 2.45 bits per heavy atom. The number of ketones is 1. The minimum Gasteiger partial charge on any atom is -0.507 e. The van der Waals surface area contributed by atoms with Crippen molar-refractivity contribution < 1.29 is 28.9 Å². The van der Waals surface area contributed by atoms with Crippen molar-refractivity contribution in [2.75, 3.05) is 18.6 Å². The number of hydrogen-bond donors (Lipinski definition) is 1. The van der Waals surface area contributed by atoms with Crippen LogP contribution in [-0.2, 0) is 21.9 Å². The molecule has 5 aromatic rings. The molecule has 1 saturated heterocycles. The van der Waals surface area contributed by atoms with Gasteiger partial charge < -0.3 is 19.3 Å². The Morgan fingerprint density at radius 1 is 0.941 bits per heavy atom. The summed E-state index contributed by atoms with van der Waals surface area (Å²) in [5.74, 6) is 0.166. The second-order valence-corrected chi connectivity index (χ2v) is 14.5. The van der Waals surface area contributed by atoms with Gasteiger partial charge in [0.1, 0.15) is 18.1 Å². The summed E-state index contributed by atoms with van der Waals surface area (Å²) in [6, 6.07) is 26.5. The van der Waals surface area contributed by atoms with Crippen molar-refractivity contribution in [3.05, 3.63) is 129 Å². The molecular formula is C39H36ClN3O6S2. The van der Waals surface area contributed by atoms with Crippen molar-refractivity contribution in [1.29, 1.82) is 0 Å². The summed E-state index contributed by atoms with van der Waals surface area (Å²) in [7, 11) is 1.53. The van der Waals surface area contributed by atoms with Gasteiger partial charge in [-0.3, -0.25) is 14.5 Å². The first-order valence-electron chi connectivity index (χ1n) is 16.4. The Morgan fingerprint density at radius 2 is 1.73 bits per heavy atom. The standard InChI is InChI=1S/C39H36ClN3O6S2/c1-4-5-19-48-31-18-13-28(21-32(31)47-3)34-33(35(44)27-11-16-30(17-12-27)49-22-26-8-6-7-24(2)20-26)36(45)37(46)43(34)38-41-42-39(51-38)50-23-25-9-14-29(40)15-10-25/h6-18,20-21,34,44H,4-5,19,22-23H2,1-3H3/b35-33+. The van der Waals surface area contributed by atoms with E-state index in [2.05, 4.69) is 23.2 Å². The van der Waals surface area contributed by atoms with E-state index >= 15 is 0 Å². The van der Waals surface area contributed by atoms with Gasteiger partial charge in [0.2, 0.25) is 5.13 Å². The fraction of sp³-hybridized carbons (Fsp3) is 0.231. The lowest BCUT2D eigenvalue weighted by Crippen LogP contribution is -2.29. The number of rotatable bonds is 14. The number of thioether (sulfide) groups is 1. The monoisotopic (exact) mass is 741 g/mol. The van der Waals surface area contributed by atoms with E-state index in [4.69, 9.17) is 25.8 Å². The third kappa shape index (κ3) is 8.39. The number of aromatic nitrogens is 2. The molecule has 0 saturated carbocycles. The molecule has 4 aromatic carbocycles. The molecule has 262 valence electrons. The zero-order valence-corrected chi connectivity index (χ0v) is 30.7. The van der Waals surface area contributed by atoms with E-state index in [0.717, 1.165) is 29.5 Å². The number of carbonyl (C=O) groups is 2. The SMILES string of the molecule is CCCCOc1ccc(C2/C(=C(\O)c3ccc(OCc4cccc(C)c4)cc3)C(=O)C(=O)N2c2nnc(SCc3ccc(Cl)cc3)s2)cc1OC. The number of anilines is 1. The Labute approximate surface area is 309 Å². The average Bonchev–Trinajstić information content (AvgIpc) is 3.72. The zero-order valence-electron chi connectivity index (χ0n) is 28.3. The minimum atomic E-state index is -1.03. The molecule has 2 heterocycles. The highest BCUT2D eigenvalue weighted by Crippen LogP contribution is 2.46. The lowest BCUT2D eigenvalue weighted by atomic mass is 9.95. The van der Waals surface area contributed by atoms with Crippen LogP contribution in [0.2, 0.25) is 5.02 Å². The Balaban J connectivity index is 1.33. The minimum absolute atomic E-state index is 0.0827. The second-order valence-electron chi connectivity index (χ2n) is 11.8. The molecule has 1 aromatic heterocycles. The van der Waals surface area contributed by atoms with E-state index in [9.17, 15) is 14.7 Å². The van der Waals surface area contributed by atoms with Crippen LogP contribution >= 0.6 is 34.7 Å². The van der Waals surface area contributed by atoms with E-state index in [1.165, 1.54) is 35.1 Å². The number of amides is 1. The molecule has 1 unspecified atom stereocenters.